The molecule has 0 saturated carbocycles. The molecule has 2 nitrogen and oxygen atoms in total. The Balaban J connectivity index is 0. The van der Waals surface area contributed by atoms with Crippen molar-refractivity contribution < 1.29 is 10.2 Å². The molecule has 0 heterocycles. The van der Waals surface area contributed by atoms with Crippen LogP contribution >= 0.6 is 0 Å². The fourth-order valence-electron chi connectivity index (χ4n) is 0.888. The molecule has 1 aromatic carbocycles. The Kier molecular flexibility index (Phi) is 12.6. The van der Waals surface area contributed by atoms with Crippen LogP contribution in [0, 0.1) is 0 Å². The minimum Gasteiger partial charge on any atom is -0.393 e. The van der Waals surface area contributed by atoms with Gasteiger partial charge in [-0.15, -0.1) is 0 Å². The van der Waals surface area contributed by atoms with Crippen molar-refractivity contribution >= 4 is 0 Å². The second-order valence-corrected chi connectivity index (χ2v) is 3.80. The van der Waals surface area contributed by atoms with Crippen molar-refractivity contribution in [1.82, 2.24) is 0 Å². The largest absolute Gasteiger partial charge is 0.393 e. The topological polar surface area (TPSA) is 40.5 Å². The molecule has 0 saturated heterocycles. The fourth-order valence-corrected chi connectivity index (χ4v) is 0.888. The predicted octanol–water partition coefficient (Wildman–Crippen LogP) is 3.72. The molecular formula is C15H28O2. The summed E-state index contributed by atoms with van der Waals surface area (Å²) in [6.45, 7) is 9.69. The monoisotopic (exact) mass is 240 g/mol. The Morgan fingerprint density at radius 2 is 1.41 bits per heavy atom. The molecule has 100 valence electrons. The number of aliphatic hydroxyl groups excluding tert-OH is 1. The summed E-state index contributed by atoms with van der Waals surface area (Å²) in [4.78, 5) is 0. The average molecular weight is 240 g/mol. The van der Waals surface area contributed by atoms with E-state index in [0.29, 0.717) is 0 Å². The normalized spacial score (nSPS) is 12.4. The number of hydrogen-bond donors (Lipinski definition) is 2. The van der Waals surface area contributed by atoms with Crippen LogP contribution in [-0.4, -0.2) is 16.8 Å². The zero-order valence-electron chi connectivity index (χ0n) is 11.9. The third kappa shape index (κ3) is 8.90. The molecule has 0 aromatic heterocycles. The Bertz CT molecular complexity index is 240. The molecule has 17 heavy (non-hydrogen) atoms. The van der Waals surface area contributed by atoms with Gasteiger partial charge < -0.3 is 10.2 Å². The summed E-state index contributed by atoms with van der Waals surface area (Å²) in [6, 6.07) is 9.11. The van der Waals surface area contributed by atoms with E-state index in [9.17, 15) is 5.11 Å². The molecule has 0 radical (unpaired) electrons. The van der Waals surface area contributed by atoms with E-state index in [-0.39, 0.29) is 6.61 Å². The Labute approximate surface area is 106 Å². The zero-order chi connectivity index (χ0) is 13.7. The summed E-state index contributed by atoms with van der Waals surface area (Å²) in [6.07, 6.45) is 2.64. The van der Waals surface area contributed by atoms with Gasteiger partial charge in [-0.25, -0.2) is 0 Å². The Morgan fingerprint density at radius 3 is 1.71 bits per heavy atom. The first kappa shape index (κ1) is 18.5. The number of benzene rings is 1. The fraction of sp³-hybridized carbons (Fsp3) is 0.600. The molecule has 1 rings (SSSR count). The molecule has 0 aliphatic carbocycles. The van der Waals surface area contributed by atoms with Crippen molar-refractivity contribution in [3.8, 4) is 0 Å². The van der Waals surface area contributed by atoms with E-state index in [1.165, 1.54) is 12.8 Å². The standard InChI is InChI=1S/C9H12O2.C4H10.C2H6/c1-9(11,7-10)8-5-3-2-4-6-8;1-3-4-2;1-2/h2-6,10-11H,7H2,1H3;3-4H2,1-2H3;1-2H3. The molecule has 0 aliphatic heterocycles. The number of unbranched alkanes of at least 4 members (excludes halogenated alkanes) is 1. The van der Waals surface area contributed by atoms with Gasteiger partial charge in [0, 0.05) is 0 Å². The molecule has 2 heteroatoms. The lowest BCUT2D eigenvalue weighted by molar-refractivity contribution is -0.00228. The number of aliphatic hydroxyl groups is 2. The molecule has 0 bridgehead atoms. The molecule has 1 aromatic rings. The van der Waals surface area contributed by atoms with Crippen LogP contribution in [0.4, 0.5) is 0 Å². The van der Waals surface area contributed by atoms with E-state index >= 15 is 0 Å². The highest BCUT2D eigenvalue weighted by Crippen LogP contribution is 2.18. The van der Waals surface area contributed by atoms with Gasteiger partial charge in [-0.05, 0) is 12.5 Å². The maximum atomic E-state index is 9.54. The van der Waals surface area contributed by atoms with E-state index in [0.717, 1.165) is 5.56 Å². The van der Waals surface area contributed by atoms with Gasteiger partial charge in [-0.1, -0.05) is 70.9 Å². The van der Waals surface area contributed by atoms with Crippen LogP contribution in [0.2, 0.25) is 0 Å². The number of rotatable bonds is 3. The summed E-state index contributed by atoms with van der Waals surface area (Å²) in [5.41, 5.74) is -0.371. The lowest BCUT2D eigenvalue weighted by Gasteiger charge is -2.20. The van der Waals surface area contributed by atoms with Gasteiger partial charge in [0.15, 0.2) is 0 Å². The van der Waals surface area contributed by atoms with Crippen LogP contribution in [0.3, 0.4) is 0 Å². The van der Waals surface area contributed by atoms with Crippen molar-refractivity contribution in [3.05, 3.63) is 35.9 Å². The lowest BCUT2D eigenvalue weighted by atomic mass is 9.97. The second-order valence-electron chi connectivity index (χ2n) is 3.80. The van der Waals surface area contributed by atoms with Gasteiger partial charge in [0.05, 0.1) is 6.61 Å². The van der Waals surface area contributed by atoms with Crippen LogP contribution < -0.4 is 0 Å². The van der Waals surface area contributed by atoms with Crippen LogP contribution in [-0.2, 0) is 5.60 Å². The molecule has 0 aliphatic rings. The average Bonchev–Trinajstić information content (AvgIpc) is 2.42. The summed E-state index contributed by atoms with van der Waals surface area (Å²) >= 11 is 0. The molecule has 1 atom stereocenters. The SMILES string of the molecule is CC.CC(O)(CO)c1ccccc1.CCCC. The number of hydrogen-bond acceptors (Lipinski definition) is 2. The minimum absolute atomic E-state index is 0.253. The van der Waals surface area contributed by atoms with Crippen LogP contribution in [0.15, 0.2) is 30.3 Å². The first-order chi connectivity index (χ1) is 8.08. The maximum Gasteiger partial charge on any atom is 0.110 e. The van der Waals surface area contributed by atoms with Gasteiger partial charge in [-0.2, -0.15) is 0 Å². The molecule has 0 spiro atoms. The van der Waals surface area contributed by atoms with Crippen LogP contribution in [0.25, 0.3) is 0 Å². The summed E-state index contributed by atoms with van der Waals surface area (Å²) in [7, 11) is 0. The van der Waals surface area contributed by atoms with Crippen molar-refractivity contribution in [1.29, 1.82) is 0 Å². The summed E-state index contributed by atoms with van der Waals surface area (Å²) in [5, 5.41) is 18.3. The van der Waals surface area contributed by atoms with Crippen LogP contribution in [0.5, 0.6) is 0 Å². The van der Waals surface area contributed by atoms with E-state index in [2.05, 4.69) is 13.8 Å². The van der Waals surface area contributed by atoms with Crippen molar-refractivity contribution in [3.63, 3.8) is 0 Å². The smallest absolute Gasteiger partial charge is 0.110 e. The summed E-state index contributed by atoms with van der Waals surface area (Å²) < 4.78 is 0. The quantitative estimate of drug-likeness (QED) is 0.845. The van der Waals surface area contributed by atoms with Crippen molar-refractivity contribution in [2.24, 2.45) is 0 Å². The first-order valence-corrected chi connectivity index (χ1v) is 6.47. The zero-order valence-corrected chi connectivity index (χ0v) is 11.9. The third-order valence-electron chi connectivity index (χ3n) is 2.20. The minimum atomic E-state index is -1.11. The van der Waals surface area contributed by atoms with E-state index in [1.54, 1.807) is 19.1 Å². The predicted molar refractivity (Wildman–Crippen MR) is 75.0 cm³/mol. The molecule has 0 amide bonds. The van der Waals surface area contributed by atoms with E-state index in [4.69, 9.17) is 5.11 Å². The lowest BCUT2D eigenvalue weighted by Crippen LogP contribution is -2.25. The van der Waals surface area contributed by atoms with Gasteiger partial charge >= 0.3 is 0 Å². The summed E-state index contributed by atoms with van der Waals surface area (Å²) in [5.74, 6) is 0. The van der Waals surface area contributed by atoms with Crippen molar-refractivity contribution in [2.75, 3.05) is 6.61 Å². The Morgan fingerprint density at radius 1 is 1.00 bits per heavy atom. The van der Waals surface area contributed by atoms with Gasteiger partial charge in [0.25, 0.3) is 0 Å². The van der Waals surface area contributed by atoms with E-state index < -0.39 is 5.60 Å². The van der Waals surface area contributed by atoms with Gasteiger partial charge in [0.1, 0.15) is 5.60 Å². The molecule has 2 N–H and O–H groups in total. The molecule has 0 fully saturated rings. The van der Waals surface area contributed by atoms with Gasteiger partial charge in [-0.3, -0.25) is 0 Å². The molecule has 1 unspecified atom stereocenters. The van der Waals surface area contributed by atoms with Gasteiger partial charge in [0.2, 0.25) is 0 Å². The molecular weight excluding hydrogens is 212 g/mol. The van der Waals surface area contributed by atoms with Crippen molar-refractivity contribution in [2.45, 2.75) is 53.1 Å². The highest BCUT2D eigenvalue weighted by Gasteiger charge is 2.20. The first-order valence-electron chi connectivity index (χ1n) is 6.47. The third-order valence-corrected chi connectivity index (χ3v) is 2.20. The highest BCUT2D eigenvalue weighted by molar-refractivity contribution is 5.21. The second kappa shape index (κ2) is 11.6. The van der Waals surface area contributed by atoms with Crippen LogP contribution in [0.1, 0.15) is 53.0 Å². The Hall–Kier alpha value is -0.860. The maximum absolute atomic E-state index is 9.54. The highest BCUT2D eigenvalue weighted by atomic mass is 16.3. The van der Waals surface area contributed by atoms with E-state index in [1.807, 2.05) is 32.0 Å².